The largest absolute Gasteiger partial charge is 0.507 e. The van der Waals surface area contributed by atoms with Gasteiger partial charge in [0.25, 0.3) is 0 Å². The molecule has 0 aromatic heterocycles. The van der Waals surface area contributed by atoms with Crippen LogP contribution in [0.15, 0.2) is 54.6 Å². The number of allylic oxidation sites excluding steroid dienone is 1. The van der Waals surface area contributed by atoms with E-state index in [9.17, 15) is 9.90 Å². The number of ketones is 1. The summed E-state index contributed by atoms with van der Waals surface area (Å²) in [5.74, 6) is 0.532. The van der Waals surface area contributed by atoms with Gasteiger partial charge in [0, 0.05) is 0 Å². The average molecular weight is 254 g/mol. The molecule has 0 aliphatic rings. The summed E-state index contributed by atoms with van der Waals surface area (Å²) in [6.45, 7) is 0. The fraction of sp³-hybridized carbons (Fsp3) is 0.0625. The number of rotatable bonds is 4. The molecular formula is C16H14O3. The number of hydrogen-bond acceptors (Lipinski definition) is 3. The highest BCUT2D eigenvalue weighted by atomic mass is 16.5. The minimum atomic E-state index is -0.228. The van der Waals surface area contributed by atoms with Crippen molar-refractivity contribution in [1.29, 1.82) is 0 Å². The van der Waals surface area contributed by atoms with Crippen molar-refractivity contribution in [3.63, 3.8) is 0 Å². The lowest BCUT2D eigenvalue weighted by Gasteiger charge is -2.00. The molecule has 2 rings (SSSR count). The minimum Gasteiger partial charge on any atom is -0.507 e. The Balaban J connectivity index is 2.14. The van der Waals surface area contributed by atoms with Crippen LogP contribution in [-0.4, -0.2) is 18.0 Å². The molecule has 0 aliphatic carbocycles. The second-order valence-electron chi connectivity index (χ2n) is 3.99. The highest BCUT2D eigenvalue weighted by molar-refractivity contribution is 6.08. The number of phenols is 1. The van der Waals surface area contributed by atoms with Gasteiger partial charge in [-0.15, -0.1) is 0 Å². The Kier molecular flexibility index (Phi) is 3.98. The second kappa shape index (κ2) is 5.87. The first-order valence-corrected chi connectivity index (χ1v) is 5.85. The molecule has 0 amide bonds. The smallest absolute Gasteiger partial charge is 0.189 e. The van der Waals surface area contributed by atoms with E-state index in [2.05, 4.69) is 0 Å². The minimum absolute atomic E-state index is 0.00752. The fourth-order valence-electron chi connectivity index (χ4n) is 1.66. The van der Waals surface area contributed by atoms with Gasteiger partial charge in [-0.05, 0) is 35.9 Å². The molecule has 0 saturated carbocycles. The van der Waals surface area contributed by atoms with Crippen molar-refractivity contribution in [2.24, 2.45) is 0 Å². The fourth-order valence-corrected chi connectivity index (χ4v) is 1.66. The summed E-state index contributed by atoms with van der Waals surface area (Å²) in [6, 6.07) is 13.8. The molecule has 0 aliphatic heterocycles. The van der Waals surface area contributed by atoms with Crippen molar-refractivity contribution in [3.05, 3.63) is 65.7 Å². The van der Waals surface area contributed by atoms with E-state index >= 15 is 0 Å². The van der Waals surface area contributed by atoms with Gasteiger partial charge in [0.05, 0.1) is 12.7 Å². The first-order chi connectivity index (χ1) is 9.20. The van der Waals surface area contributed by atoms with Gasteiger partial charge in [0.15, 0.2) is 5.78 Å². The van der Waals surface area contributed by atoms with Gasteiger partial charge in [-0.25, -0.2) is 0 Å². The predicted octanol–water partition coefficient (Wildman–Crippen LogP) is 3.30. The molecule has 0 atom stereocenters. The third-order valence-corrected chi connectivity index (χ3v) is 2.71. The number of para-hydroxylation sites is 1. The Labute approximate surface area is 111 Å². The van der Waals surface area contributed by atoms with Crippen LogP contribution in [0.1, 0.15) is 15.9 Å². The van der Waals surface area contributed by atoms with Crippen LogP contribution in [0.4, 0.5) is 0 Å². The van der Waals surface area contributed by atoms with Gasteiger partial charge < -0.3 is 9.84 Å². The van der Waals surface area contributed by atoms with Gasteiger partial charge in [-0.2, -0.15) is 0 Å². The van der Waals surface area contributed by atoms with Crippen molar-refractivity contribution < 1.29 is 14.6 Å². The average Bonchev–Trinajstić information content (AvgIpc) is 2.46. The molecular weight excluding hydrogens is 240 g/mol. The predicted molar refractivity (Wildman–Crippen MR) is 74.5 cm³/mol. The molecule has 2 aromatic carbocycles. The Hall–Kier alpha value is -2.55. The van der Waals surface area contributed by atoms with Gasteiger partial charge >= 0.3 is 0 Å². The molecule has 19 heavy (non-hydrogen) atoms. The lowest BCUT2D eigenvalue weighted by molar-refractivity contribution is 0.104. The van der Waals surface area contributed by atoms with E-state index < -0.39 is 0 Å². The molecule has 0 unspecified atom stereocenters. The van der Waals surface area contributed by atoms with Crippen molar-refractivity contribution in [1.82, 2.24) is 0 Å². The standard InChI is InChI=1S/C16H14O3/c1-19-13-9-6-12(7-10-13)8-11-16(18)14-4-2-3-5-15(14)17/h2-11,17H,1H3. The van der Waals surface area contributed by atoms with Crippen LogP contribution in [0.3, 0.4) is 0 Å². The highest BCUT2D eigenvalue weighted by Crippen LogP contribution is 2.17. The molecule has 0 bridgehead atoms. The Morgan fingerprint density at radius 2 is 1.79 bits per heavy atom. The molecule has 0 fully saturated rings. The topological polar surface area (TPSA) is 46.5 Å². The number of carbonyl (C=O) groups excluding carboxylic acids is 1. The quantitative estimate of drug-likeness (QED) is 0.672. The number of hydrogen-bond donors (Lipinski definition) is 1. The maximum Gasteiger partial charge on any atom is 0.189 e. The van der Waals surface area contributed by atoms with Crippen LogP contribution in [0.5, 0.6) is 11.5 Å². The zero-order valence-corrected chi connectivity index (χ0v) is 10.5. The van der Waals surface area contributed by atoms with Gasteiger partial charge in [-0.3, -0.25) is 4.79 Å². The maximum absolute atomic E-state index is 11.9. The number of phenolic OH excluding ortho intramolecular Hbond substituents is 1. The number of benzene rings is 2. The van der Waals surface area contributed by atoms with E-state index in [4.69, 9.17) is 4.74 Å². The molecule has 0 radical (unpaired) electrons. The van der Waals surface area contributed by atoms with Crippen LogP contribution in [0.25, 0.3) is 6.08 Å². The number of carbonyl (C=O) groups is 1. The van der Waals surface area contributed by atoms with E-state index in [1.54, 1.807) is 31.4 Å². The van der Waals surface area contributed by atoms with Gasteiger partial charge in [0.1, 0.15) is 11.5 Å². The maximum atomic E-state index is 11.9. The zero-order valence-electron chi connectivity index (χ0n) is 10.5. The molecule has 0 heterocycles. The Morgan fingerprint density at radius 3 is 2.42 bits per heavy atom. The van der Waals surface area contributed by atoms with Crippen LogP contribution in [0.2, 0.25) is 0 Å². The Morgan fingerprint density at radius 1 is 1.11 bits per heavy atom. The van der Waals surface area contributed by atoms with E-state index in [-0.39, 0.29) is 11.5 Å². The SMILES string of the molecule is COc1ccc(C=CC(=O)c2ccccc2O)cc1. The lowest BCUT2D eigenvalue weighted by Crippen LogP contribution is -1.94. The normalized spacial score (nSPS) is 10.6. The summed E-state index contributed by atoms with van der Waals surface area (Å²) < 4.78 is 5.06. The van der Waals surface area contributed by atoms with Crippen molar-refractivity contribution in [2.75, 3.05) is 7.11 Å². The lowest BCUT2D eigenvalue weighted by atomic mass is 10.1. The second-order valence-corrected chi connectivity index (χ2v) is 3.99. The third-order valence-electron chi connectivity index (χ3n) is 2.71. The zero-order chi connectivity index (χ0) is 13.7. The monoisotopic (exact) mass is 254 g/mol. The van der Waals surface area contributed by atoms with Crippen LogP contribution < -0.4 is 4.74 Å². The Bertz CT molecular complexity index is 598. The number of aromatic hydroxyl groups is 1. The highest BCUT2D eigenvalue weighted by Gasteiger charge is 2.06. The molecule has 2 aromatic rings. The first-order valence-electron chi connectivity index (χ1n) is 5.85. The van der Waals surface area contributed by atoms with Gasteiger partial charge in [-0.1, -0.05) is 30.3 Å². The van der Waals surface area contributed by atoms with E-state index in [1.807, 2.05) is 24.3 Å². The first kappa shape index (κ1) is 12.9. The summed E-state index contributed by atoms with van der Waals surface area (Å²) in [4.78, 5) is 11.9. The molecule has 3 nitrogen and oxygen atoms in total. The van der Waals surface area contributed by atoms with E-state index in [0.29, 0.717) is 5.56 Å². The summed E-state index contributed by atoms with van der Waals surface area (Å²) >= 11 is 0. The molecule has 0 saturated heterocycles. The summed E-state index contributed by atoms with van der Waals surface area (Å²) in [6.07, 6.45) is 3.14. The number of methoxy groups -OCH3 is 1. The number of ether oxygens (including phenoxy) is 1. The third kappa shape index (κ3) is 3.22. The summed E-state index contributed by atoms with van der Waals surface area (Å²) in [7, 11) is 1.60. The summed E-state index contributed by atoms with van der Waals surface area (Å²) in [5, 5.41) is 9.58. The van der Waals surface area contributed by atoms with E-state index in [1.165, 1.54) is 12.1 Å². The summed E-state index contributed by atoms with van der Waals surface area (Å²) in [5.41, 5.74) is 1.19. The van der Waals surface area contributed by atoms with Crippen LogP contribution in [-0.2, 0) is 0 Å². The van der Waals surface area contributed by atoms with Crippen LogP contribution in [0, 0.1) is 0 Å². The van der Waals surface area contributed by atoms with Gasteiger partial charge in [0.2, 0.25) is 0 Å². The van der Waals surface area contributed by atoms with Crippen molar-refractivity contribution >= 4 is 11.9 Å². The molecule has 1 N–H and O–H groups in total. The van der Waals surface area contributed by atoms with E-state index in [0.717, 1.165) is 11.3 Å². The van der Waals surface area contributed by atoms with Crippen molar-refractivity contribution in [2.45, 2.75) is 0 Å². The molecule has 3 heteroatoms. The molecule has 96 valence electrons. The van der Waals surface area contributed by atoms with Crippen molar-refractivity contribution in [3.8, 4) is 11.5 Å². The molecule has 0 spiro atoms. The van der Waals surface area contributed by atoms with Crippen LogP contribution >= 0.6 is 0 Å².